The van der Waals surface area contributed by atoms with E-state index in [1.807, 2.05) is 0 Å². The van der Waals surface area contributed by atoms with E-state index in [9.17, 15) is 0 Å². The van der Waals surface area contributed by atoms with Gasteiger partial charge < -0.3 is 0 Å². The smallest absolute Gasteiger partial charge is 0.0726 e. The zero-order valence-corrected chi connectivity index (χ0v) is 10.3. The fourth-order valence-electron chi connectivity index (χ4n) is 2.78. The lowest BCUT2D eigenvalue weighted by molar-refractivity contribution is 0.398. The van der Waals surface area contributed by atoms with Crippen molar-refractivity contribution >= 4 is 70.6 Å². The summed E-state index contributed by atoms with van der Waals surface area (Å²) >= 11 is 0. The summed E-state index contributed by atoms with van der Waals surface area (Å²) in [5.41, 5.74) is 0. The maximum atomic E-state index is 6.19. The van der Waals surface area contributed by atoms with Crippen LogP contribution in [0.25, 0.3) is 0 Å². The molecule has 0 aromatic rings. The molecule has 1 aliphatic rings. The van der Waals surface area contributed by atoms with Crippen LogP contribution < -0.4 is 0 Å². The van der Waals surface area contributed by atoms with Gasteiger partial charge in [-0.3, -0.25) is 0 Å². The average Bonchev–Trinajstić information content (AvgIpc) is 2.17. The van der Waals surface area contributed by atoms with Crippen LogP contribution in [0.4, 0.5) is 0 Å². The largest absolute Gasteiger partial charge is 0.108 e. The first kappa shape index (κ1) is 15.6. The van der Waals surface area contributed by atoms with Crippen molar-refractivity contribution < 1.29 is 0 Å². The maximum absolute atomic E-state index is 6.19. The second-order valence-electron chi connectivity index (χ2n) is 5.64. The van der Waals surface area contributed by atoms with Crippen LogP contribution in [0.15, 0.2) is 0 Å². The topological polar surface area (TPSA) is 0 Å². The van der Waals surface area contributed by atoms with Crippen molar-refractivity contribution in [3.63, 3.8) is 0 Å². The van der Waals surface area contributed by atoms with Crippen molar-refractivity contribution in [1.82, 2.24) is 0 Å². The Morgan fingerprint density at radius 3 is 1.35 bits per heavy atom. The van der Waals surface area contributed by atoms with Gasteiger partial charge in [0.1, 0.15) is 0 Å². The first-order valence-electron chi connectivity index (χ1n) is 5.22. The Kier molecular flexibility index (Phi) is 3.29. The summed E-state index contributed by atoms with van der Waals surface area (Å²) in [7, 11) is 53.7. The molecule has 0 nitrogen and oxygen atoms in total. The molecular weight excluding hydrogens is 193 g/mol. The van der Waals surface area contributed by atoms with Gasteiger partial charge in [-0.25, -0.2) is 0 Å². The molecule has 17 heavy (non-hydrogen) atoms. The Morgan fingerprint density at radius 1 is 0.882 bits per heavy atom. The predicted molar refractivity (Wildman–Crippen MR) is 80.3 cm³/mol. The van der Waals surface area contributed by atoms with Crippen LogP contribution in [0.5, 0.6) is 0 Å². The van der Waals surface area contributed by atoms with Crippen LogP contribution in [-0.4, -0.2) is 70.6 Å². The van der Waals surface area contributed by atoms with Crippen LogP contribution in [0, 0.1) is 0 Å². The third kappa shape index (κ3) is 1.49. The molecule has 1 aliphatic carbocycles. The zero-order chi connectivity index (χ0) is 14.1. The van der Waals surface area contributed by atoms with Crippen molar-refractivity contribution in [2.45, 2.75) is 45.9 Å². The number of hydrogen-bond acceptors (Lipinski definition) is 0. The summed E-state index contributed by atoms with van der Waals surface area (Å²) in [6, 6.07) is 0. The SMILES string of the molecule is [B]C1C([B])([B])C([B])(C)C([B])(C([B])([B])C)C1([B])[B]. The summed E-state index contributed by atoms with van der Waals surface area (Å²) in [5.74, 6) is -1.07. The van der Waals surface area contributed by atoms with E-state index in [0.29, 0.717) is 0 Å². The van der Waals surface area contributed by atoms with Crippen LogP contribution in [0.2, 0.25) is 32.1 Å². The Balaban J connectivity index is 3.60. The van der Waals surface area contributed by atoms with Gasteiger partial charge in [0.15, 0.2) is 0 Å². The van der Waals surface area contributed by atoms with E-state index in [0.717, 1.165) is 0 Å². The average molecular weight is 200 g/mol. The van der Waals surface area contributed by atoms with E-state index in [4.69, 9.17) is 70.6 Å². The summed E-state index contributed by atoms with van der Waals surface area (Å²) in [6.07, 6.45) is 0. The molecule has 0 aliphatic heterocycles. The normalized spacial score (nSPS) is 44.5. The third-order valence-corrected chi connectivity index (χ3v) is 4.28. The molecule has 0 N–H and O–H groups in total. The number of hydrogen-bond donors (Lipinski definition) is 0. The Hall–Kier alpha value is 0.584. The zero-order valence-electron chi connectivity index (χ0n) is 10.3. The Labute approximate surface area is 117 Å². The molecule has 1 fully saturated rings. The molecule has 0 aromatic heterocycles. The standard InChI is InChI=1S/C8H7B9/c1-4(10)6(13,14)3(9)7(15,16)8(4,17)5(2,11)12/h3H,1-2H3. The molecule has 0 heterocycles. The highest BCUT2D eigenvalue weighted by Crippen LogP contribution is 2.87. The van der Waals surface area contributed by atoms with E-state index < -0.39 is 32.1 Å². The van der Waals surface area contributed by atoms with Gasteiger partial charge in [0.05, 0.1) is 70.6 Å². The van der Waals surface area contributed by atoms with E-state index in [2.05, 4.69) is 0 Å². The van der Waals surface area contributed by atoms with Gasteiger partial charge in [-0.2, -0.15) is 0 Å². The third-order valence-electron chi connectivity index (χ3n) is 4.28. The van der Waals surface area contributed by atoms with Crippen molar-refractivity contribution in [3.05, 3.63) is 0 Å². The van der Waals surface area contributed by atoms with Crippen LogP contribution in [-0.2, 0) is 0 Å². The lowest BCUT2D eigenvalue weighted by Gasteiger charge is -2.61. The van der Waals surface area contributed by atoms with E-state index in [1.54, 1.807) is 0 Å². The summed E-state index contributed by atoms with van der Waals surface area (Å²) in [5, 5.41) is -7.95. The minimum absolute atomic E-state index is 1.07. The first-order valence-corrected chi connectivity index (χ1v) is 5.22. The maximum Gasteiger partial charge on any atom is 0.0726 e. The summed E-state index contributed by atoms with van der Waals surface area (Å²) in [6.45, 7) is 2.94. The van der Waals surface area contributed by atoms with Gasteiger partial charge in [-0.15, -0.1) is 15.6 Å². The molecular formula is C8H7B9. The van der Waals surface area contributed by atoms with Crippen molar-refractivity contribution in [2.75, 3.05) is 0 Å². The highest BCUT2D eigenvalue weighted by Gasteiger charge is 2.67. The van der Waals surface area contributed by atoms with Gasteiger partial charge >= 0.3 is 0 Å². The fourth-order valence-corrected chi connectivity index (χ4v) is 2.78. The molecule has 0 bridgehead atoms. The Bertz CT molecular complexity index is 328. The van der Waals surface area contributed by atoms with Crippen LogP contribution in [0.1, 0.15) is 13.8 Å². The molecule has 0 amide bonds. The fraction of sp³-hybridized carbons (Fsp3) is 1.00. The monoisotopic (exact) mass is 202 g/mol. The van der Waals surface area contributed by atoms with E-state index in [-0.39, 0.29) is 0 Å². The van der Waals surface area contributed by atoms with Gasteiger partial charge in [0.25, 0.3) is 0 Å². The van der Waals surface area contributed by atoms with Crippen LogP contribution in [0.3, 0.4) is 0 Å². The highest BCUT2D eigenvalue weighted by molar-refractivity contribution is 6.62. The quantitative estimate of drug-likeness (QED) is 0.477. The second kappa shape index (κ2) is 3.57. The predicted octanol–water partition coefficient (Wildman–Crippen LogP) is -0.989. The molecule has 1 saturated carbocycles. The Morgan fingerprint density at radius 2 is 1.24 bits per heavy atom. The van der Waals surface area contributed by atoms with E-state index >= 15 is 0 Å². The van der Waals surface area contributed by atoms with Crippen LogP contribution >= 0.6 is 0 Å². The second-order valence-corrected chi connectivity index (χ2v) is 5.64. The molecule has 9 heteroatoms. The molecule has 0 spiro atoms. The molecule has 18 radical (unpaired) electrons. The molecule has 0 aromatic carbocycles. The molecule has 3 unspecified atom stereocenters. The molecule has 66 valence electrons. The lowest BCUT2D eigenvalue weighted by Crippen LogP contribution is -2.45. The summed E-state index contributed by atoms with van der Waals surface area (Å²) < 4.78 is 0. The van der Waals surface area contributed by atoms with Gasteiger partial charge in [-0.1, -0.05) is 30.3 Å². The summed E-state index contributed by atoms with van der Waals surface area (Å²) in [4.78, 5) is 0. The highest BCUT2D eigenvalue weighted by atomic mass is 14.6. The van der Waals surface area contributed by atoms with Gasteiger partial charge in [0, 0.05) is 0 Å². The van der Waals surface area contributed by atoms with Gasteiger partial charge in [0.2, 0.25) is 0 Å². The van der Waals surface area contributed by atoms with Crippen molar-refractivity contribution in [1.29, 1.82) is 0 Å². The van der Waals surface area contributed by atoms with Crippen molar-refractivity contribution in [3.8, 4) is 0 Å². The molecule has 1 rings (SSSR count). The minimum Gasteiger partial charge on any atom is -0.108 e. The molecule has 3 atom stereocenters. The van der Waals surface area contributed by atoms with E-state index in [1.165, 1.54) is 13.8 Å². The lowest BCUT2D eigenvalue weighted by atomic mass is 9.17. The van der Waals surface area contributed by atoms with Gasteiger partial charge in [-0.05, 0) is 0 Å². The molecule has 0 saturated heterocycles. The first-order chi connectivity index (χ1) is 7.15. The number of rotatable bonds is 1. The van der Waals surface area contributed by atoms with Crippen molar-refractivity contribution in [2.24, 2.45) is 0 Å². The minimum atomic E-state index is -1.71.